The summed E-state index contributed by atoms with van der Waals surface area (Å²) in [5.74, 6) is -0.628. The lowest BCUT2D eigenvalue weighted by atomic mass is 10.2. The second kappa shape index (κ2) is 3.88. The molecule has 0 aromatic rings. The van der Waals surface area contributed by atoms with Crippen molar-refractivity contribution in [3.63, 3.8) is 0 Å². The van der Waals surface area contributed by atoms with Crippen molar-refractivity contribution < 1.29 is 14.6 Å². The van der Waals surface area contributed by atoms with Crippen LogP contribution in [0.3, 0.4) is 0 Å². The molecule has 0 spiro atoms. The van der Waals surface area contributed by atoms with Gasteiger partial charge in [0.2, 0.25) is 0 Å². The largest absolute Gasteiger partial charge is 0.507 e. The van der Waals surface area contributed by atoms with Crippen LogP contribution in [0.5, 0.6) is 0 Å². The number of aliphatic hydroxyl groups excluding tert-OH is 1. The van der Waals surface area contributed by atoms with E-state index in [1.165, 1.54) is 6.21 Å². The molecule has 0 saturated carbocycles. The molecule has 2 N–H and O–H groups in total. The van der Waals surface area contributed by atoms with E-state index < -0.39 is 12.1 Å². The van der Waals surface area contributed by atoms with Gasteiger partial charge in [-0.15, -0.1) is 0 Å². The Bertz CT molecular complexity index is 412. The lowest BCUT2D eigenvalue weighted by Crippen LogP contribution is -2.39. The summed E-state index contributed by atoms with van der Waals surface area (Å²) < 4.78 is 4.82. The third kappa shape index (κ3) is 1.62. The Labute approximate surface area is 92.9 Å². The Morgan fingerprint density at radius 1 is 1.75 bits per heavy atom. The highest BCUT2D eigenvalue weighted by molar-refractivity contribution is 6.10. The highest BCUT2D eigenvalue weighted by Crippen LogP contribution is 2.22. The molecule has 0 amide bonds. The molecule has 2 aliphatic rings. The fourth-order valence-electron chi connectivity index (χ4n) is 1.59. The molecule has 2 aliphatic heterocycles. The predicted octanol–water partition coefficient (Wildman–Crippen LogP) is 0.454. The van der Waals surface area contributed by atoms with Crippen molar-refractivity contribution in [3.8, 4) is 0 Å². The van der Waals surface area contributed by atoms with Gasteiger partial charge in [-0.1, -0.05) is 0 Å². The van der Waals surface area contributed by atoms with Crippen LogP contribution in [0.1, 0.15) is 13.8 Å². The molecule has 1 atom stereocenters. The molecule has 0 aromatic carbocycles. The second-order valence-electron chi connectivity index (χ2n) is 3.50. The molecular weight excluding hydrogens is 210 g/mol. The van der Waals surface area contributed by atoms with Gasteiger partial charge in [0.05, 0.1) is 12.8 Å². The van der Waals surface area contributed by atoms with Gasteiger partial charge in [-0.2, -0.15) is 5.10 Å². The van der Waals surface area contributed by atoms with Crippen molar-refractivity contribution in [1.82, 2.24) is 10.3 Å². The summed E-state index contributed by atoms with van der Waals surface area (Å²) in [5.41, 5.74) is 0.970. The zero-order chi connectivity index (χ0) is 11.7. The first kappa shape index (κ1) is 10.5. The first-order valence-electron chi connectivity index (χ1n) is 5.01. The van der Waals surface area contributed by atoms with Crippen molar-refractivity contribution in [1.29, 1.82) is 0 Å². The standard InChI is InChI=1S/C10H13N3O3/c1-3-16-10(15)7-4-11-13-5-6(2)12-9(13)8(7)14/h4-5,9,12,14H,3H2,1-2H3. The average Bonchev–Trinajstić information content (AvgIpc) is 2.60. The molecule has 6 heteroatoms. The van der Waals surface area contributed by atoms with Crippen molar-refractivity contribution in [2.75, 3.05) is 6.61 Å². The van der Waals surface area contributed by atoms with Crippen LogP contribution < -0.4 is 5.32 Å². The van der Waals surface area contributed by atoms with Crippen LogP contribution in [0, 0.1) is 0 Å². The predicted molar refractivity (Wildman–Crippen MR) is 57.3 cm³/mol. The first-order valence-corrected chi connectivity index (χ1v) is 5.01. The Kier molecular flexibility index (Phi) is 2.55. The van der Waals surface area contributed by atoms with Crippen molar-refractivity contribution in [2.24, 2.45) is 5.10 Å². The lowest BCUT2D eigenvalue weighted by molar-refractivity contribution is -0.138. The van der Waals surface area contributed by atoms with E-state index in [-0.39, 0.29) is 17.9 Å². The molecule has 0 saturated heterocycles. The number of aliphatic hydroxyl groups is 1. The Hall–Kier alpha value is -1.98. The number of hydrogen-bond donors (Lipinski definition) is 2. The molecule has 6 nitrogen and oxygen atoms in total. The van der Waals surface area contributed by atoms with E-state index in [1.807, 2.05) is 6.92 Å². The van der Waals surface area contributed by atoms with Gasteiger partial charge in [-0.05, 0) is 13.8 Å². The van der Waals surface area contributed by atoms with E-state index in [9.17, 15) is 9.90 Å². The summed E-state index contributed by atoms with van der Waals surface area (Å²) >= 11 is 0. The number of hydrogen-bond acceptors (Lipinski definition) is 6. The minimum Gasteiger partial charge on any atom is -0.507 e. The van der Waals surface area contributed by atoms with E-state index in [4.69, 9.17) is 4.74 Å². The van der Waals surface area contributed by atoms with Crippen LogP contribution in [0.25, 0.3) is 0 Å². The molecular formula is C10H13N3O3. The minimum atomic E-state index is -0.560. The smallest absolute Gasteiger partial charge is 0.343 e. The van der Waals surface area contributed by atoms with E-state index in [0.717, 1.165) is 5.70 Å². The average molecular weight is 223 g/mol. The van der Waals surface area contributed by atoms with Gasteiger partial charge in [-0.25, -0.2) is 9.80 Å². The number of esters is 1. The fourth-order valence-corrected chi connectivity index (χ4v) is 1.59. The quantitative estimate of drug-likeness (QED) is 0.665. The number of rotatable bonds is 2. The highest BCUT2D eigenvalue weighted by Gasteiger charge is 2.32. The number of fused-ring (bicyclic) bond motifs is 1. The van der Waals surface area contributed by atoms with Gasteiger partial charge in [0.25, 0.3) is 0 Å². The number of hydrazone groups is 1. The summed E-state index contributed by atoms with van der Waals surface area (Å²) in [7, 11) is 0. The van der Waals surface area contributed by atoms with Crippen molar-refractivity contribution in [2.45, 2.75) is 20.0 Å². The third-order valence-electron chi connectivity index (χ3n) is 2.31. The molecule has 0 aliphatic carbocycles. The summed E-state index contributed by atoms with van der Waals surface area (Å²) in [6.07, 6.45) is 2.56. The molecule has 86 valence electrons. The molecule has 16 heavy (non-hydrogen) atoms. The minimum absolute atomic E-state index is 0.0680. The molecule has 0 aromatic heterocycles. The Morgan fingerprint density at radius 2 is 2.50 bits per heavy atom. The van der Waals surface area contributed by atoms with Gasteiger partial charge in [-0.3, -0.25) is 0 Å². The topological polar surface area (TPSA) is 74.2 Å². The van der Waals surface area contributed by atoms with E-state index in [1.54, 1.807) is 18.1 Å². The van der Waals surface area contributed by atoms with Crippen LogP contribution in [0.2, 0.25) is 0 Å². The van der Waals surface area contributed by atoms with Crippen LogP contribution >= 0.6 is 0 Å². The number of allylic oxidation sites excluding steroid dienone is 1. The van der Waals surface area contributed by atoms with Gasteiger partial charge in [0, 0.05) is 11.9 Å². The van der Waals surface area contributed by atoms with E-state index in [0.29, 0.717) is 0 Å². The Morgan fingerprint density at radius 3 is 3.19 bits per heavy atom. The van der Waals surface area contributed by atoms with Gasteiger partial charge >= 0.3 is 5.97 Å². The zero-order valence-corrected chi connectivity index (χ0v) is 9.10. The molecule has 1 unspecified atom stereocenters. The summed E-state index contributed by atoms with van der Waals surface area (Å²) in [6, 6.07) is 0. The maximum absolute atomic E-state index is 11.5. The maximum Gasteiger partial charge on any atom is 0.343 e. The van der Waals surface area contributed by atoms with Gasteiger partial charge < -0.3 is 15.2 Å². The summed E-state index contributed by atoms with van der Waals surface area (Å²) in [6.45, 7) is 3.83. The second-order valence-corrected chi connectivity index (χ2v) is 3.50. The zero-order valence-electron chi connectivity index (χ0n) is 9.10. The summed E-state index contributed by atoms with van der Waals surface area (Å²) in [5, 5.41) is 18.5. The molecule has 0 bridgehead atoms. The van der Waals surface area contributed by atoms with Gasteiger partial charge in [0.15, 0.2) is 11.9 Å². The molecule has 2 heterocycles. The van der Waals surface area contributed by atoms with Crippen LogP contribution in [-0.4, -0.2) is 35.1 Å². The number of nitrogens with one attached hydrogen (secondary N) is 1. The van der Waals surface area contributed by atoms with Crippen molar-refractivity contribution in [3.05, 3.63) is 23.2 Å². The first-order chi connectivity index (χ1) is 7.63. The van der Waals surface area contributed by atoms with Crippen LogP contribution in [0.15, 0.2) is 28.3 Å². The summed E-state index contributed by atoms with van der Waals surface area (Å²) in [4.78, 5) is 11.5. The maximum atomic E-state index is 11.5. The monoisotopic (exact) mass is 223 g/mol. The van der Waals surface area contributed by atoms with Gasteiger partial charge in [0.1, 0.15) is 5.57 Å². The molecule has 2 rings (SSSR count). The highest BCUT2D eigenvalue weighted by atomic mass is 16.5. The number of carbonyl (C=O) groups is 1. The van der Waals surface area contributed by atoms with E-state index >= 15 is 0 Å². The van der Waals surface area contributed by atoms with E-state index in [2.05, 4.69) is 10.4 Å². The van der Waals surface area contributed by atoms with Crippen LogP contribution in [-0.2, 0) is 9.53 Å². The number of nitrogens with zero attached hydrogens (tertiary/aromatic N) is 2. The number of carbonyl (C=O) groups excluding carboxylic acids is 1. The SMILES string of the molecule is CCOC(=O)C1=C(O)C2NC(C)=CN2N=C1. The normalized spacial score (nSPS) is 22.8. The number of ether oxygens (including phenoxy) is 1. The third-order valence-corrected chi connectivity index (χ3v) is 2.31. The molecule has 0 fully saturated rings. The fraction of sp³-hybridized carbons (Fsp3) is 0.400. The van der Waals surface area contributed by atoms with Crippen molar-refractivity contribution >= 4 is 12.2 Å². The Balaban J connectivity index is 2.23. The molecule has 0 radical (unpaired) electrons. The lowest BCUT2D eigenvalue weighted by Gasteiger charge is -2.24. The van der Waals surface area contributed by atoms with Crippen LogP contribution in [0.4, 0.5) is 0 Å².